The van der Waals surface area contributed by atoms with E-state index in [0.717, 1.165) is 25.7 Å². The van der Waals surface area contributed by atoms with Crippen molar-refractivity contribution in [1.29, 1.82) is 0 Å². The van der Waals surface area contributed by atoms with Crippen molar-refractivity contribution in [3.63, 3.8) is 0 Å². The van der Waals surface area contributed by atoms with Crippen molar-refractivity contribution in [1.82, 2.24) is 10.6 Å². The highest BCUT2D eigenvalue weighted by molar-refractivity contribution is 5.85. The molecule has 184 valence electrons. The van der Waals surface area contributed by atoms with E-state index in [1.54, 1.807) is 0 Å². The van der Waals surface area contributed by atoms with Gasteiger partial charge < -0.3 is 10.6 Å². The maximum atomic E-state index is 13.4. The third-order valence-corrected chi connectivity index (χ3v) is 6.30. The highest BCUT2D eigenvalue weighted by Crippen LogP contribution is 2.38. The van der Waals surface area contributed by atoms with Gasteiger partial charge in [0, 0.05) is 19.0 Å². The van der Waals surface area contributed by atoms with Gasteiger partial charge in [0.2, 0.25) is 11.8 Å². The minimum absolute atomic E-state index is 0.0480. The molecule has 0 radical (unpaired) electrons. The number of rotatable bonds is 15. The summed E-state index contributed by atoms with van der Waals surface area (Å²) in [6.07, 6.45) is 17.7. The predicted molar refractivity (Wildman–Crippen MR) is 136 cm³/mol. The summed E-state index contributed by atoms with van der Waals surface area (Å²) in [5.41, 5.74) is 0. The number of amides is 2. The largest absolute Gasteiger partial charge is 0.356 e. The Morgan fingerprint density at radius 3 is 2.03 bits per heavy atom. The molecule has 0 spiro atoms. The van der Waals surface area contributed by atoms with Gasteiger partial charge in [0.05, 0.1) is 11.8 Å². The zero-order valence-corrected chi connectivity index (χ0v) is 21.7. The molecule has 2 amide bonds. The number of nitrogens with one attached hydrogen (secondary N) is 2. The second-order valence-electron chi connectivity index (χ2n) is 10.4. The van der Waals surface area contributed by atoms with Gasteiger partial charge in [0.15, 0.2) is 0 Å². The molecule has 4 unspecified atom stereocenters. The van der Waals surface area contributed by atoms with Crippen LogP contribution in [0.1, 0.15) is 92.9 Å². The first-order valence-electron chi connectivity index (χ1n) is 13.2. The zero-order chi connectivity index (χ0) is 23.9. The van der Waals surface area contributed by atoms with Crippen LogP contribution in [0.25, 0.3) is 0 Å². The van der Waals surface area contributed by atoms with E-state index in [-0.39, 0.29) is 35.5 Å². The Hall–Kier alpha value is -1.58. The highest BCUT2D eigenvalue weighted by Gasteiger charge is 2.41. The quantitative estimate of drug-likeness (QED) is 0.230. The Kier molecular flexibility index (Phi) is 14.3. The fraction of sp³-hybridized carbons (Fsp3) is 0.786. The lowest BCUT2D eigenvalue weighted by Gasteiger charge is -2.37. The van der Waals surface area contributed by atoms with Gasteiger partial charge in [-0.3, -0.25) is 9.59 Å². The molecule has 32 heavy (non-hydrogen) atoms. The van der Waals surface area contributed by atoms with Crippen molar-refractivity contribution >= 4 is 11.8 Å². The van der Waals surface area contributed by atoms with Crippen molar-refractivity contribution in [3.05, 3.63) is 24.3 Å². The standard InChI is InChI=1S/C28H50N2O2/c1-7-9-11-12-14-16-24-25(27(31)29-19-21(3)4)18-17-23(15-13-10-8-2)26(24)28(32)30-20-22(5)6/h14,16-18,21-26H,7-13,15,19-20H2,1-6H3,(H,29,31)(H,30,32). The van der Waals surface area contributed by atoms with E-state index >= 15 is 0 Å². The number of carbonyl (C=O) groups is 2. The van der Waals surface area contributed by atoms with Crippen LogP contribution in [0, 0.1) is 35.5 Å². The van der Waals surface area contributed by atoms with Crippen LogP contribution >= 0.6 is 0 Å². The van der Waals surface area contributed by atoms with E-state index in [2.05, 4.69) is 76.5 Å². The molecule has 4 atom stereocenters. The maximum Gasteiger partial charge on any atom is 0.227 e. The summed E-state index contributed by atoms with van der Waals surface area (Å²) >= 11 is 0. The number of hydrogen-bond donors (Lipinski definition) is 2. The van der Waals surface area contributed by atoms with Crippen LogP contribution in [0.3, 0.4) is 0 Å². The maximum absolute atomic E-state index is 13.4. The number of allylic oxidation sites excluding steroid dienone is 3. The average Bonchev–Trinajstić information content (AvgIpc) is 2.75. The number of hydrogen-bond acceptors (Lipinski definition) is 2. The van der Waals surface area contributed by atoms with E-state index in [1.807, 2.05) is 0 Å². The van der Waals surface area contributed by atoms with Gasteiger partial charge in [0.25, 0.3) is 0 Å². The fourth-order valence-corrected chi connectivity index (χ4v) is 4.41. The summed E-state index contributed by atoms with van der Waals surface area (Å²) in [4.78, 5) is 26.5. The summed E-state index contributed by atoms with van der Waals surface area (Å²) < 4.78 is 0. The molecule has 0 saturated carbocycles. The molecule has 0 aliphatic heterocycles. The van der Waals surface area contributed by atoms with Gasteiger partial charge in [-0.2, -0.15) is 0 Å². The molecular formula is C28H50N2O2. The summed E-state index contributed by atoms with van der Waals surface area (Å²) in [5, 5.41) is 6.30. The van der Waals surface area contributed by atoms with Crippen molar-refractivity contribution in [3.8, 4) is 0 Å². The van der Waals surface area contributed by atoms with E-state index < -0.39 is 0 Å². The van der Waals surface area contributed by atoms with E-state index in [9.17, 15) is 9.59 Å². The van der Waals surface area contributed by atoms with E-state index in [0.29, 0.717) is 24.9 Å². The van der Waals surface area contributed by atoms with Gasteiger partial charge in [0.1, 0.15) is 0 Å². The topological polar surface area (TPSA) is 58.2 Å². The van der Waals surface area contributed by atoms with Crippen molar-refractivity contribution in [2.24, 2.45) is 35.5 Å². The van der Waals surface area contributed by atoms with Crippen LogP contribution in [-0.2, 0) is 9.59 Å². The predicted octanol–water partition coefficient (Wildman–Crippen LogP) is 6.28. The third kappa shape index (κ3) is 10.4. The molecular weight excluding hydrogens is 396 g/mol. The highest BCUT2D eigenvalue weighted by atomic mass is 16.2. The molecule has 0 heterocycles. The lowest BCUT2D eigenvalue weighted by molar-refractivity contribution is -0.131. The molecule has 1 aliphatic rings. The second kappa shape index (κ2) is 16.1. The Bertz CT molecular complexity index is 594. The molecule has 4 nitrogen and oxygen atoms in total. The monoisotopic (exact) mass is 446 g/mol. The molecule has 0 aromatic carbocycles. The Morgan fingerprint density at radius 1 is 0.844 bits per heavy atom. The minimum Gasteiger partial charge on any atom is -0.356 e. The summed E-state index contributed by atoms with van der Waals surface area (Å²) in [5.74, 6) is 0.592. The molecule has 0 aromatic rings. The first-order valence-corrected chi connectivity index (χ1v) is 13.2. The molecule has 1 aliphatic carbocycles. The smallest absolute Gasteiger partial charge is 0.227 e. The van der Waals surface area contributed by atoms with Gasteiger partial charge >= 0.3 is 0 Å². The number of carbonyl (C=O) groups excluding carboxylic acids is 2. The normalized spacial score (nSPS) is 23.2. The van der Waals surface area contributed by atoms with Gasteiger partial charge in [-0.15, -0.1) is 0 Å². The van der Waals surface area contributed by atoms with Crippen LogP contribution in [0.15, 0.2) is 24.3 Å². The summed E-state index contributed by atoms with van der Waals surface area (Å²) in [7, 11) is 0. The third-order valence-electron chi connectivity index (χ3n) is 6.30. The van der Waals surface area contributed by atoms with Crippen LogP contribution in [-0.4, -0.2) is 24.9 Å². The molecule has 0 bridgehead atoms. The van der Waals surface area contributed by atoms with Crippen molar-refractivity contribution < 1.29 is 9.59 Å². The van der Waals surface area contributed by atoms with Crippen molar-refractivity contribution in [2.75, 3.05) is 13.1 Å². The zero-order valence-electron chi connectivity index (χ0n) is 21.7. The Morgan fingerprint density at radius 2 is 1.44 bits per heavy atom. The van der Waals surface area contributed by atoms with Crippen LogP contribution in [0.2, 0.25) is 0 Å². The van der Waals surface area contributed by atoms with Gasteiger partial charge in [-0.05, 0) is 37.0 Å². The Balaban J connectivity index is 3.16. The Labute approximate surface area is 198 Å². The van der Waals surface area contributed by atoms with Crippen LogP contribution < -0.4 is 10.6 Å². The molecule has 2 N–H and O–H groups in total. The molecule has 4 heteroatoms. The minimum atomic E-state index is -0.284. The molecule has 0 saturated heterocycles. The summed E-state index contributed by atoms with van der Waals surface area (Å²) in [6.45, 7) is 14.2. The van der Waals surface area contributed by atoms with Crippen LogP contribution in [0.4, 0.5) is 0 Å². The summed E-state index contributed by atoms with van der Waals surface area (Å²) in [6, 6.07) is 0. The van der Waals surface area contributed by atoms with E-state index in [1.165, 1.54) is 25.7 Å². The van der Waals surface area contributed by atoms with Crippen molar-refractivity contribution in [2.45, 2.75) is 92.9 Å². The average molecular weight is 447 g/mol. The number of unbranched alkanes of at least 4 members (excludes halogenated alkanes) is 5. The first-order chi connectivity index (χ1) is 15.3. The SMILES string of the molecule is CCCCCC=CC1C(C(=O)NCC(C)C)C=CC(CCCCC)C1C(=O)NCC(C)C. The molecule has 1 rings (SSSR count). The molecule has 0 fully saturated rings. The second-order valence-corrected chi connectivity index (χ2v) is 10.4. The first kappa shape index (κ1) is 28.5. The fourth-order valence-electron chi connectivity index (χ4n) is 4.41. The van der Waals surface area contributed by atoms with Gasteiger partial charge in [-0.1, -0.05) is 98.0 Å². The lowest BCUT2D eigenvalue weighted by Crippen LogP contribution is -2.47. The molecule has 0 aromatic heterocycles. The van der Waals surface area contributed by atoms with Crippen LogP contribution in [0.5, 0.6) is 0 Å². The van der Waals surface area contributed by atoms with Gasteiger partial charge in [-0.25, -0.2) is 0 Å². The lowest BCUT2D eigenvalue weighted by atomic mass is 9.68. The van der Waals surface area contributed by atoms with E-state index in [4.69, 9.17) is 0 Å².